The van der Waals surface area contributed by atoms with Crippen molar-refractivity contribution in [3.8, 4) is 0 Å². The lowest BCUT2D eigenvalue weighted by atomic mass is 10.0. The summed E-state index contributed by atoms with van der Waals surface area (Å²) in [6.45, 7) is 0.648. The number of halogens is 1. The normalized spacial score (nSPS) is 11.5. The van der Waals surface area contributed by atoms with E-state index in [-0.39, 0.29) is 11.8 Å². The second kappa shape index (κ2) is 10.6. The van der Waals surface area contributed by atoms with Crippen LogP contribution < -0.4 is 10.6 Å². The topological polar surface area (TPSA) is 76.0 Å². The maximum absolute atomic E-state index is 13.1. The fraction of sp³-hybridized carbons (Fsp3) is 0.115. The highest BCUT2D eigenvalue weighted by Crippen LogP contribution is 2.14. The first-order valence-electron chi connectivity index (χ1n) is 10.5. The predicted octanol–water partition coefficient (Wildman–Crippen LogP) is 4.56. The van der Waals surface area contributed by atoms with E-state index in [1.807, 2.05) is 71.5 Å². The molecule has 0 radical (unpaired) electrons. The van der Waals surface area contributed by atoms with E-state index in [0.717, 1.165) is 11.1 Å². The van der Waals surface area contributed by atoms with Crippen molar-refractivity contribution in [2.24, 2.45) is 0 Å². The highest BCUT2D eigenvalue weighted by molar-refractivity contribution is 6.30. The fourth-order valence-corrected chi connectivity index (χ4v) is 3.53. The van der Waals surface area contributed by atoms with Gasteiger partial charge in [-0.2, -0.15) is 5.10 Å². The summed E-state index contributed by atoms with van der Waals surface area (Å²) in [5.41, 5.74) is 3.11. The van der Waals surface area contributed by atoms with Crippen LogP contribution in [-0.4, -0.2) is 27.6 Å². The molecule has 2 amide bonds. The van der Waals surface area contributed by atoms with Gasteiger partial charge in [-0.15, -0.1) is 0 Å². The third-order valence-corrected chi connectivity index (χ3v) is 5.39. The number of aromatic nitrogens is 2. The zero-order valence-corrected chi connectivity index (χ0v) is 18.6. The standard InChI is InChI=1S/C26H23ClN4O2/c27-22-11-9-21(10-12-22)25(32)30-24(17-19-5-2-1-3-6-19)26(33)29-23-13-7-20(8-14-23)18-31-16-4-15-28-31/h1-16,24H,17-18H2,(H,29,33)(H,30,32). The van der Waals surface area contributed by atoms with Crippen LogP contribution >= 0.6 is 11.6 Å². The van der Waals surface area contributed by atoms with Crippen molar-refractivity contribution in [1.82, 2.24) is 15.1 Å². The van der Waals surface area contributed by atoms with Gasteiger partial charge in [-0.3, -0.25) is 14.3 Å². The molecule has 0 fully saturated rings. The lowest BCUT2D eigenvalue weighted by Crippen LogP contribution is -2.45. The van der Waals surface area contributed by atoms with Crippen LogP contribution in [0.1, 0.15) is 21.5 Å². The summed E-state index contributed by atoms with van der Waals surface area (Å²) in [5.74, 6) is -0.627. The van der Waals surface area contributed by atoms with Gasteiger partial charge in [0.05, 0.1) is 6.54 Å². The zero-order chi connectivity index (χ0) is 23.0. The van der Waals surface area contributed by atoms with Crippen LogP contribution in [0.2, 0.25) is 5.02 Å². The van der Waals surface area contributed by atoms with Crippen LogP contribution in [0.5, 0.6) is 0 Å². The second-order valence-electron chi connectivity index (χ2n) is 7.61. The molecule has 1 atom stereocenters. The monoisotopic (exact) mass is 458 g/mol. The molecule has 0 aliphatic carbocycles. The summed E-state index contributed by atoms with van der Waals surface area (Å²) in [6.07, 6.45) is 4.00. The quantitative estimate of drug-likeness (QED) is 0.406. The molecular weight excluding hydrogens is 436 g/mol. The second-order valence-corrected chi connectivity index (χ2v) is 8.05. The average Bonchev–Trinajstić information content (AvgIpc) is 3.34. The molecule has 1 aromatic heterocycles. The lowest BCUT2D eigenvalue weighted by molar-refractivity contribution is -0.118. The predicted molar refractivity (Wildman–Crippen MR) is 129 cm³/mol. The van der Waals surface area contributed by atoms with Crippen molar-refractivity contribution in [1.29, 1.82) is 0 Å². The number of carbonyl (C=O) groups is 2. The lowest BCUT2D eigenvalue weighted by Gasteiger charge is -2.19. The minimum absolute atomic E-state index is 0.291. The van der Waals surface area contributed by atoms with E-state index in [1.165, 1.54) is 0 Å². The number of rotatable bonds is 8. The summed E-state index contributed by atoms with van der Waals surface area (Å²) >= 11 is 5.92. The molecule has 4 aromatic rings. The van der Waals surface area contributed by atoms with Gasteiger partial charge in [0.1, 0.15) is 6.04 Å². The van der Waals surface area contributed by atoms with Crippen molar-refractivity contribution < 1.29 is 9.59 Å². The molecule has 7 heteroatoms. The Labute approximate surface area is 197 Å². The molecule has 4 rings (SSSR count). The molecule has 0 spiro atoms. The van der Waals surface area contributed by atoms with Gasteiger partial charge in [0.2, 0.25) is 5.91 Å². The average molecular weight is 459 g/mol. The molecule has 3 aromatic carbocycles. The molecule has 0 bridgehead atoms. The summed E-state index contributed by atoms with van der Waals surface area (Å²) in [7, 11) is 0. The smallest absolute Gasteiger partial charge is 0.251 e. The fourth-order valence-electron chi connectivity index (χ4n) is 3.41. The number of hydrogen-bond donors (Lipinski definition) is 2. The number of nitrogens with one attached hydrogen (secondary N) is 2. The highest BCUT2D eigenvalue weighted by atomic mass is 35.5. The maximum Gasteiger partial charge on any atom is 0.251 e. The van der Waals surface area contributed by atoms with Crippen LogP contribution in [0.15, 0.2) is 97.3 Å². The molecule has 0 aliphatic heterocycles. The molecule has 2 N–H and O–H groups in total. The molecule has 0 aliphatic rings. The molecule has 33 heavy (non-hydrogen) atoms. The molecule has 1 unspecified atom stereocenters. The van der Waals surface area contributed by atoms with Gasteiger partial charge in [-0.05, 0) is 53.6 Å². The Bertz CT molecular complexity index is 1190. The van der Waals surface area contributed by atoms with Crippen LogP contribution in [0, 0.1) is 0 Å². The van der Waals surface area contributed by atoms with Crippen molar-refractivity contribution >= 4 is 29.1 Å². The van der Waals surface area contributed by atoms with Crippen molar-refractivity contribution in [2.45, 2.75) is 19.0 Å². The van der Waals surface area contributed by atoms with E-state index >= 15 is 0 Å². The van der Waals surface area contributed by atoms with E-state index in [9.17, 15) is 9.59 Å². The first kappa shape index (κ1) is 22.3. The third kappa shape index (κ3) is 6.30. The molecule has 166 valence electrons. The Morgan fingerprint density at radius 2 is 1.61 bits per heavy atom. The molecular formula is C26H23ClN4O2. The Morgan fingerprint density at radius 1 is 0.879 bits per heavy atom. The minimum Gasteiger partial charge on any atom is -0.340 e. The van der Waals surface area contributed by atoms with Crippen molar-refractivity contribution in [3.05, 3.63) is 119 Å². The maximum atomic E-state index is 13.1. The number of nitrogens with zero attached hydrogens (tertiary/aromatic N) is 2. The molecule has 0 saturated heterocycles. The van der Waals surface area contributed by atoms with Crippen LogP contribution in [-0.2, 0) is 17.8 Å². The third-order valence-electron chi connectivity index (χ3n) is 5.14. The first-order chi connectivity index (χ1) is 16.1. The van der Waals surface area contributed by atoms with E-state index in [1.54, 1.807) is 30.5 Å². The number of anilines is 1. The van der Waals surface area contributed by atoms with Gasteiger partial charge >= 0.3 is 0 Å². The number of carbonyl (C=O) groups excluding carboxylic acids is 2. The van der Waals surface area contributed by atoms with Crippen LogP contribution in [0.3, 0.4) is 0 Å². The van der Waals surface area contributed by atoms with Gasteiger partial charge in [-0.1, -0.05) is 54.1 Å². The van der Waals surface area contributed by atoms with Crippen molar-refractivity contribution in [3.63, 3.8) is 0 Å². The van der Waals surface area contributed by atoms with Gasteiger partial charge in [-0.25, -0.2) is 0 Å². The molecule has 1 heterocycles. The number of benzene rings is 3. The first-order valence-corrected chi connectivity index (χ1v) is 10.9. The summed E-state index contributed by atoms with van der Waals surface area (Å²) in [5, 5.41) is 10.5. The Balaban J connectivity index is 1.46. The van der Waals surface area contributed by atoms with Gasteiger partial charge < -0.3 is 10.6 Å². The van der Waals surface area contributed by atoms with Gasteiger partial charge in [0.15, 0.2) is 0 Å². The SMILES string of the molecule is O=C(NC(Cc1ccccc1)C(=O)Nc1ccc(Cn2cccn2)cc1)c1ccc(Cl)cc1. The van der Waals surface area contributed by atoms with E-state index in [4.69, 9.17) is 11.6 Å². The van der Waals surface area contributed by atoms with E-state index in [2.05, 4.69) is 15.7 Å². The number of hydrogen-bond acceptors (Lipinski definition) is 3. The Kier molecular flexibility index (Phi) is 7.17. The highest BCUT2D eigenvalue weighted by Gasteiger charge is 2.22. The largest absolute Gasteiger partial charge is 0.340 e. The van der Waals surface area contributed by atoms with Crippen LogP contribution in [0.4, 0.5) is 5.69 Å². The summed E-state index contributed by atoms with van der Waals surface area (Å²) in [6, 6.07) is 24.8. The van der Waals surface area contributed by atoms with Crippen molar-refractivity contribution in [2.75, 3.05) is 5.32 Å². The van der Waals surface area contributed by atoms with Crippen LogP contribution in [0.25, 0.3) is 0 Å². The van der Waals surface area contributed by atoms with Gasteiger partial charge in [0.25, 0.3) is 5.91 Å². The number of amides is 2. The van der Waals surface area contributed by atoms with E-state index < -0.39 is 6.04 Å². The summed E-state index contributed by atoms with van der Waals surface area (Å²) in [4.78, 5) is 25.9. The van der Waals surface area contributed by atoms with E-state index in [0.29, 0.717) is 29.2 Å². The zero-order valence-electron chi connectivity index (χ0n) is 17.8. The summed E-state index contributed by atoms with van der Waals surface area (Å²) < 4.78 is 1.83. The molecule has 0 saturated carbocycles. The Morgan fingerprint density at radius 3 is 2.27 bits per heavy atom. The van der Waals surface area contributed by atoms with Gasteiger partial charge in [0, 0.05) is 35.1 Å². The Hall–Kier alpha value is -3.90. The minimum atomic E-state index is -0.751. The molecule has 6 nitrogen and oxygen atoms in total.